The number of carbonyl (C=O) groups excluding carboxylic acids is 1. The van der Waals surface area contributed by atoms with Crippen LogP contribution in [-0.2, 0) is 11.4 Å². The molecule has 4 nitrogen and oxygen atoms in total. The van der Waals surface area contributed by atoms with Crippen LogP contribution in [0.3, 0.4) is 0 Å². The maximum absolute atomic E-state index is 12.2. The van der Waals surface area contributed by atoms with Crippen molar-refractivity contribution in [2.45, 2.75) is 26.4 Å². The van der Waals surface area contributed by atoms with Crippen molar-refractivity contribution in [3.05, 3.63) is 46.2 Å². The normalized spacial score (nSPS) is 12.0. The fourth-order valence-electron chi connectivity index (χ4n) is 1.99. The molecule has 0 aliphatic carbocycles. The topological polar surface area (TPSA) is 58.6 Å². The molecular formula is C16H19NO3S. The Hall–Kier alpha value is -1.85. The van der Waals surface area contributed by atoms with Gasteiger partial charge in [-0.05, 0) is 43.5 Å². The summed E-state index contributed by atoms with van der Waals surface area (Å²) in [4.78, 5) is 13.3. The Morgan fingerprint density at radius 3 is 2.86 bits per heavy atom. The first-order valence-electron chi connectivity index (χ1n) is 6.86. The lowest BCUT2D eigenvalue weighted by atomic mass is 10.1. The molecule has 112 valence electrons. The number of rotatable bonds is 6. The van der Waals surface area contributed by atoms with E-state index in [0.29, 0.717) is 23.6 Å². The minimum atomic E-state index is -0.200. The zero-order valence-corrected chi connectivity index (χ0v) is 12.9. The predicted octanol–water partition coefficient (Wildman–Crippen LogP) is 3.38. The highest BCUT2D eigenvalue weighted by Crippen LogP contribution is 2.25. The minimum absolute atomic E-state index is 0.0644. The van der Waals surface area contributed by atoms with Crippen LogP contribution in [0.25, 0.3) is 0 Å². The molecule has 5 heteroatoms. The number of ether oxygens (including phenoxy) is 1. The smallest absolute Gasteiger partial charge is 0.232 e. The Bertz CT molecular complexity index is 596. The van der Waals surface area contributed by atoms with E-state index >= 15 is 0 Å². The van der Waals surface area contributed by atoms with Crippen molar-refractivity contribution in [3.63, 3.8) is 0 Å². The highest BCUT2D eigenvalue weighted by Gasteiger charge is 2.16. The summed E-state index contributed by atoms with van der Waals surface area (Å²) in [6, 6.07) is 9.17. The van der Waals surface area contributed by atoms with Crippen molar-refractivity contribution in [2.75, 3.05) is 11.9 Å². The van der Waals surface area contributed by atoms with Gasteiger partial charge in [-0.1, -0.05) is 6.07 Å². The largest absolute Gasteiger partial charge is 0.494 e. The Kier molecular flexibility index (Phi) is 5.36. The van der Waals surface area contributed by atoms with Gasteiger partial charge in [0, 0.05) is 16.1 Å². The molecule has 0 bridgehead atoms. The lowest BCUT2D eigenvalue weighted by Gasteiger charge is -2.13. The Morgan fingerprint density at radius 2 is 2.24 bits per heavy atom. The number of benzene rings is 1. The molecule has 21 heavy (non-hydrogen) atoms. The molecule has 2 N–H and O–H groups in total. The number of nitrogens with one attached hydrogen (secondary N) is 1. The Balaban J connectivity index is 2.10. The molecule has 1 amide bonds. The first-order valence-corrected chi connectivity index (χ1v) is 7.74. The van der Waals surface area contributed by atoms with E-state index in [4.69, 9.17) is 4.74 Å². The minimum Gasteiger partial charge on any atom is -0.494 e. The second kappa shape index (κ2) is 7.24. The number of aliphatic hydroxyl groups excluding tert-OH is 1. The fraction of sp³-hybridized carbons (Fsp3) is 0.312. The summed E-state index contributed by atoms with van der Waals surface area (Å²) < 4.78 is 5.42. The molecule has 1 aromatic carbocycles. The van der Waals surface area contributed by atoms with Gasteiger partial charge in [0.25, 0.3) is 0 Å². The second-order valence-electron chi connectivity index (χ2n) is 4.64. The molecular weight excluding hydrogens is 286 g/mol. The molecule has 0 fully saturated rings. The van der Waals surface area contributed by atoms with Crippen LogP contribution in [0.15, 0.2) is 35.7 Å². The summed E-state index contributed by atoms with van der Waals surface area (Å²) in [7, 11) is 0. The lowest BCUT2D eigenvalue weighted by molar-refractivity contribution is -0.117. The molecule has 1 unspecified atom stereocenters. The zero-order valence-electron chi connectivity index (χ0n) is 12.1. The van der Waals surface area contributed by atoms with E-state index in [1.54, 1.807) is 29.5 Å². The first kappa shape index (κ1) is 15.5. The summed E-state index contributed by atoms with van der Waals surface area (Å²) >= 11 is 1.57. The van der Waals surface area contributed by atoms with Crippen molar-refractivity contribution < 1.29 is 14.6 Å². The molecule has 0 saturated carbocycles. The third-order valence-corrected chi connectivity index (χ3v) is 4.22. The molecule has 2 aromatic rings. The van der Waals surface area contributed by atoms with Crippen LogP contribution in [0.5, 0.6) is 5.75 Å². The third kappa shape index (κ3) is 3.83. The second-order valence-corrected chi connectivity index (χ2v) is 5.62. The van der Waals surface area contributed by atoms with Gasteiger partial charge in [0.05, 0.1) is 19.1 Å². The van der Waals surface area contributed by atoms with Crippen LogP contribution >= 0.6 is 11.3 Å². The number of carbonyl (C=O) groups is 1. The van der Waals surface area contributed by atoms with Crippen LogP contribution in [0.4, 0.5) is 5.69 Å². The summed E-state index contributed by atoms with van der Waals surface area (Å²) in [5.74, 6) is 0.379. The average molecular weight is 305 g/mol. The first-order chi connectivity index (χ1) is 10.2. The quantitative estimate of drug-likeness (QED) is 0.860. The maximum Gasteiger partial charge on any atom is 0.232 e. The number of hydrogen-bond acceptors (Lipinski definition) is 4. The standard InChI is InChI=1S/C16H19NO3S/c1-3-20-14-7-6-13(9-12(14)10-18)17-16(19)11(2)15-5-4-8-21-15/h4-9,11,18H,3,10H2,1-2H3,(H,17,19). The van der Waals surface area contributed by atoms with E-state index in [1.165, 1.54) is 0 Å². The number of amides is 1. The number of hydrogen-bond donors (Lipinski definition) is 2. The predicted molar refractivity (Wildman–Crippen MR) is 84.9 cm³/mol. The molecule has 1 heterocycles. The summed E-state index contributed by atoms with van der Waals surface area (Å²) in [5, 5.41) is 14.2. The average Bonchev–Trinajstić information content (AvgIpc) is 3.02. The van der Waals surface area contributed by atoms with E-state index in [9.17, 15) is 9.90 Å². The van der Waals surface area contributed by atoms with Gasteiger partial charge in [0.1, 0.15) is 5.75 Å². The third-order valence-electron chi connectivity index (χ3n) is 3.16. The molecule has 0 aliphatic heterocycles. The van der Waals surface area contributed by atoms with Crippen molar-refractivity contribution in [3.8, 4) is 5.75 Å². The zero-order chi connectivity index (χ0) is 15.2. The van der Waals surface area contributed by atoms with E-state index in [1.807, 2.05) is 31.4 Å². The van der Waals surface area contributed by atoms with E-state index < -0.39 is 0 Å². The van der Waals surface area contributed by atoms with Crippen LogP contribution < -0.4 is 10.1 Å². The monoisotopic (exact) mass is 305 g/mol. The van der Waals surface area contributed by atoms with Crippen LogP contribution in [0.1, 0.15) is 30.2 Å². The highest BCUT2D eigenvalue weighted by molar-refractivity contribution is 7.10. The molecule has 0 saturated heterocycles. The van der Waals surface area contributed by atoms with Gasteiger partial charge in [0.15, 0.2) is 0 Å². The van der Waals surface area contributed by atoms with E-state index in [2.05, 4.69) is 5.32 Å². The van der Waals surface area contributed by atoms with Gasteiger partial charge in [-0.15, -0.1) is 11.3 Å². The van der Waals surface area contributed by atoms with Crippen LogP contribution in [0, 0.1) is 0 Å². The summed E-state index contributed by atoms with van der Waals surface area (Å²) in [6.07, 6.45) is 0. The van der Waals surface area contributed by atoms with Gasteiger partial charge in [-0.3, -0.25) is 4.79 Å². The molecule has 1 atom stereocenters. The molecule has 2 rings (SSSR count). The van der Waals surface area contributed by atoms with Gasteiger partial charge >= 0.3 is 0 Å². The van der Waals surface area contributed by atoms with Crippen molar-refractivity contribution in [1.29, 1.82) is 0 Å². The van der Waals surface area contributed by atoms with Gasteiger partial charge in [-0.25, -0.2) is 0 Å². The van der Waals surface area contributed by atoms with Crippen LogP contribution in [-0.4, -0.2) is 17.6 Å². The summed E-state index contributed by atoms with van der Waals surface area (Å²) in [5.41, 5.74) is 1.33. The van der Waals surface area contributed by atoms with Gasteiger partial charge < -0.3 is 15.2 Å². The lowest BCUT2D eigenvalue weighted by Crippen LogP contribution is -2.18. The highest BCUT2D eigenvalue weighted by atomic mass is 32.1. The molecule has 0 radical (unpaired) electrons. The maximum atomic E-state index is 12.2. The van der Waals surface area contributed by atoms with Crippen LogP contribution in [0.2, 0.25) is 0 Å². The Labute approximate surface area is 128 Å². The number of thiophene rings is 1. The van der Waals surface area contributed by atoms with E-state index in [0.717, 1.165) is 4.88 Å². The summed E-state index contributed by atoms with van der Waals surface area (Å²) in [6.45, 7) is 4.18. The van der Waals surface area contributed by atoms with Gasteiger partial charge in [-0.2, -0.15) is 0 Å². The van der Waals surface area contributed by atoms with Crippen molar-refractivity contribution >= 4 is 22.9 Å². The SMILES string of the molecule is CCOc1ccc(NC(=O)C(C)c2cccs2)cc1CO. The van der Waals surface area contributed by atoms with E-state index in [-0.39, 0.29) is 18.4 Å². The molecule has 1 aromatic heterocycles. The molecule has 0 aliphatic rings. The number of anilines is 1. The van der Waals surface area contributed by atoms with Crippen molar-refractivity contribution in [2.24, 2.45) is 0 Å². The fourth-order valence-corrected chi connectivity index (χ4v) is 2.78. The van der Waals surface area contributed by atoms with Gasteiger partial charge in [0.2, 0.25) is 5.91 Å². The Morgan fingerprint density at radius 1 is 1.43 bits per heavy atom. The molecule has 0 spiro atoms. The number of aliphatic hydroxyl groups is 1. The van der Waals surface area contributed by atoms with Crippen molar-refractivity contribution in [1.82, 2.24) is 0 Å².